The van der Waals surface area contributed by atoms with Gasteiger partial charge in [-0.05, 0) is 30.7 Å². The Bertz CT molecular complexity index is 594. The summed E-state index contributed by atoms with van der Waals surface area (Å²) in [4.78, 5) is 12.0. The number of hydrogen-bond donors (Lipinski definition) is 3. The van der Waals surface area contributed by atoms with Crippen molar-refractivity contribution in [1.29, 1.82) is 0 Å². The van der Waals surface area contributed by atoms with Gasteiger partial charge in [0, 0.05) is 0 Å². The molecule has 0 aliphatic carbocycles. The number of carbonyl (C=O) groups is 1. The van der Waals surface area contributed by atoms with Crippen molar-refractivity contribution in [3.63, 3.8) is 0 Å². The molecule has 1 amide bonds. The molecule has 0 saturated heterocycles. The molecule has 92 valence electrons. The van der Waals surface area contributed by atoms with E-state index in [-0.39, 0.29) is 17.2 Å². The van der Waals surface area contributed by atoms with Crippen LogP contribution in [0.25, 0.3) is 0 Å². The van der Waals surface area contributed by atoms with Crippen molar-refractivity contribution < 1.29 is 9.90 Å². The monoisotopic (exact) mass is 242 g/mol. The van der Waals surface area contributed by atoms with Crippen LogP contribution >= 0.6 is 0 Å². The topological polar surface area (TPSA) is 75.4 Å². The third kappa shape index (κ3) is 2.27. The molecule has 0 atom stereocenters. The number of nitrogens with one attached hydrogen (secondary N) is 1. The number of anilines is 2. The maximum atomic E-state index is 12.0. The molecular weight excluding hydrogens is 228 g/mol. The van der Waals surface area contributed by atoms with Gasteiger partial charge >= 0.3 is 0 Å². The zero-order chi connectivity index (χ0) is 13.1. The summed E-state index contributed by atoms with van der Waals surface area (Å²) in [6, 6.07) is 12.0. The van der Waals surface area contributed by atoms with Crippen molar-refractivity contribution in [2.24, 2.45) is 0 Å². The van der Waals surface area contributed by atoms with Gasteiger partial charge in [-0.25, -0.2) is 0 Å². The Balaban J connectivity index is 2.28. The first-order valence-corrected chi connectivity index (χ1v) is 5.54. The van der Waals surface area contributed by atoms with Gasteiger partial charge in [-0.2, -0.15) is 0 Å². The van der Waals surface area contributed by atoms with Crippen LogP contribution in [0.1, 0.15) is 15.9 Å². The molecule has 0 radical (unpaired) electrons. The first kappa shape index (κ1) is 12.0. The first-order chi connectivity index (χ1) is 8.59. The number of phenolic OH excluding ortho intramolecular Hbond substituents is 1. The highest BCUT2D eigenvalue weighted by Crippen LogP contribution is 2.24. The van der Waals surface area contributed by atoms with E-state index in [1.54, 1.807) is 49.4 Å². The average molecular weight is 242 g/mol. The molecule has 0 bridgehead atoms. The van der Waals surface area contributed by atoms with E-state index in [0.29, 0.717) is 16.9 Å². The molecule has 0 aliphatic rings. The van der Waals surface area contributed by atoms with Crippen LogP contribution in [0, 0.1) is 6.92 Å². The molecule has 0 aromatic heterocycles. The van der Waals surface area contributed by atoms with E-state index in [2.05, 4.69) is 5.32 Å². The second kappa shape index (κ2) is 4.79. The standard InChI is InChI=1S/C14H14N2O2/c1-9-5-4-6-10(13(9)17)14(18)16-12-8-3-2-7-11(12)15/h2-8,17H,15H2,1H3,(H,16,18). The van der Waals surface area contributed by atoms with E-state index in [9.17, 15) is 9.90 Å². The predicted molar refractivity (Wildman–Crippen MR) is 71.7 cm³/mol. The third-order valence-corrected chi connectivity index (χ3v) is 2.69. The molecule has 2 rings (SSSR count). The van der Waals surface area contributed by atoms with Crippen molar-refractivity contribution >= 4 is 17.3 Å². The molecule has 4 heteroatoms. The van der Waals surface area contributed by atoms with Crippen molar-refractivity contribution in [3.8, 4) is 5.75 Å². The zero-order valence-corrected chi connectivity index (χ0v) is 9.97. The summed E-state index contributed by atoms with van der Waals surface area (Å²) in [6.07, 6.45) is 0. The van der Waals surface area contributed by atoms with Crippen LogP contribution in [-0.4, -0.2) is 11.0 Å². The van der Waals surface area contributed by atoms with Crippen LogP contribution in [0.5, 0.6) is 5.75 Å². The molecule has 0 aliphatic heterocycles. The number of para-hydroxylation sites is 3. The lowest BCUT2D eigenvalue weighted by Gasteiger charge is -2.09. The quantitative estimate of drug-likeness (QED) is 0.708. The van der Waals surface area contributed by atoms with E-state index in [1.807, 2.05) is 0 Å². The summed E-state index contributed by atoms with van der Waals surface area (Å²) in [5.74, 6) is -0.390. The number of hydrogen-bond acceptors (Lipinski definition) is 3. The summed E-state index contributed by atoms with van der Waals surface area (Å²) in [5, 5.41) is 12.5. The van der Waals surface area contributed by atoms with Crippen molar-refractivity contribution in [2.75, 3.05) is 11.1 Å². The molecule has 4 N–H and O–H groups in total. The molecule has 0 spiro atoms. The molecule has 2 aromatic rings. The van der Waals surface area contributed by atoms with Crippen LogP contribution in [0.3, 0.4) is 0 Å². The molecule has 18 heavy (non-hydrogen) atoms. The van der Waals surface area contributed by atoms with E-state index in [0.717, 1.165) is 0 Å². The fourth-order valence-corrected chi connectivity index (χ4v) is 1.64. The summed E-state index contributed by atoms with van der Waals surface area (Å²) in [5.41, 5.74) is 7.64. The molecule has 0 saturated carbocycles. The fraction of sp³-hybridized carbons (Fsp3) is 0.0714. The van der Waals surface area contributed by atoms with Crippen LogP contribution in [-0.2, 0) is 0 Å². The van der Waals surface area contributed by atoms with Crippen molar-refractivity contribution in [3.05, 3.63) is 53.6 Å². The summed E-state index contributed by atoms with van der Waals surface area (Å²) in [6.45, 7) is 1.74. The lowest BCUT2D eigenvalue weighted by atomic mass is 10.1. The van der Waals surface area contributed by atoms with Crippen LogP contribution < -0.4 is 11.1 Å². The summed E-state index contributed by atoms with van der Waals surface area (Å²) >= 11 is 0. The first-order valence-electron chi connectivity index (χ1n) is 5.54. The SMILES string of the molecule is Cc1cccc(C(=O)Nc2ccccc2N)c1O. The second-order valence-corrected chi connectivity index (χ2v) is 4.01. The molecule has 0 fully saturated rings. The number of nitrogens with two attached hydrogens (primary N) is 1. The van der Waals surface area contributed by atoms with E-state index >= 15 is 0 Å². The Morgan fingerprint density at radius 3 is 2.61 bits per heavy atom. The van der Waals surface area contributed by atoms with Gasteiger partial charge in [0.05, 0.1) is 16.9 Å². The number of aromatic hydroxyl groups is 1. The minimum Gasteiger partial charge on any atom is -0.507 e. The fourth-order valence-electron chi connectivity index (χ4n) is 1.64. The number of benzene rings is 2. The van der Waals surface area contributed by atoms with E-state index in [1.165, 1.54) is 0 Å². The van der Waals surface area contributed by atoms with Crippen molar-refractivity contribution in [2.45, 2.75) is 6.92 Å². The number of phenols is 1. The van der Waals surface area contributed by atoms with Crippen molar-refractivity contribution in [1.82, 2.24) is 0 Å². The maximum absolute atomic E-state index is 12.0. The van der Waals surface area contributed by atoms with Gasteiger partial charge in [0.2, 0.25) is 0 Å². The van der Waals surface area contributed by atoms with Gasteiger partial charge in [-0.1, -0.05) is 24.3 Å². The molecular formula is C14H14N2O2. The second-order valence-electron chi connectivity index (χ2n) is 4.01. The number of nitrogen functional groups attached to an aromatic ring is 1. The summed E-state index contributed by atoms with van der Waals surface area (Å²) < 4.78 is 0. The summed E-state index contributed by atoms with van der Waals surface area (Å²) in [7, 11) is 0. The average Bonchev–Trinajstić information content (AvgIpc) is 2.35. The zero-order valence-electron chi connectivity index (χ0n) is 9.97. The highest BCUT2D eigenvalue weighted by Gasteiger charge is 2.13. The van der Waals surface area contributed by atoms with E-state index < -0.39 is 0 Å². The van der Waals surface area contributed by atoms with Gasteiger partial charge in [0.25, 0.3) is 5.91 Å². The van der Waals surface area contributed by atoms with E-state index in [4.69, 9.17) is 5.73 Å². The molecule has 2 aromatic carbocycles. The van der Waals surface area contributed by atoms with Gasteiger partial charge in [0.15, 0.2) is 0 Å². The smallest absolute Gasteiger partial charge is 0.259 e. The van der Waals surface area contributed by atoms with Gasteiger partial charge in [-0.3, -0.25) is 4.79 Å². The van der Waals surface area contributed by atoms with Gasteiger partial charge < -0.3 is 16.2 Å². The number of aryl methyl sites for hydroxylation is 1. The highest BCUT2D eigenvalue weighted by atomic mass is 16.3. The molecule has 4 nitrogen and oxygen atoms in total. The van der Waals surface area contributed by atoms with Gasteiger partial charge in [0.1, 0.15) is 5.75 Å². The Morgan fingerprint density at radius 1 is 1.17 bits per heavy atom. The number of amides is 1. The Morgan fingerprint density at radius 2 is 1.89 bits per heavy atom. The largest absolute Gasteiger partial charge is 0.507 e. The highest BCUT2D eigenvalue weighted by molar-refractivity contribution is 6.07. The van der Waals surface area contributed by atoms with Crippen LogP contribution in [0.4, 0.5) is 11.4 Å². The lowest BCUT2D eigenvalue weighted by Crippen LogP contribution is -2.13. The Hall–Kier alpha value is -2.49. The number of rotatable bonds is 2. The lowest BCUT2D eigenvalue weighted by molar-refractivity contribution is 0.102. The minimum atomic E-state index is -0.380. The number of carbonyl (C=O) groups excluding carboxylic acids is 1. The van der Waals surface area contributed by atoms with Gasteiger partial charge in [-0.15, -0.1) is 0 Å². The normalized spacial score (nSPS) is 10.1. The molecule has 0 heterocycles. The Kier molecular flexibility index (Phi) is 3.19. The third-order valence-electron chi connectivity index (χ3n) is 2.69. The maximum Gasteiger partial charge on any atom is 0.259 e. The minimum absolute atomic E-state index is 0.00972. The van der Waals surface area contributed by atoms with Crippen LogP contribution in [0.15, 0.2) is 42.5 Å². The predicted octanol–water partition coefficient (Wildman–Crippen LogP) is 2.54. The van der Waals surface area contributed by atoms with Crippen LogP contribution in [0.2, 0.25) is 0 Å². The molecule has 0 unspecified atom stereocenters. The Labute approximate surface area is 105 Å².